The Kier molecular flexibility index (Phi) is 5.61. The maximum absolute atomic E-state index is 13.1. The Hall–Kier alpha value is -4.01. The number of amides is 3. The minimum atomic E-state index is -0.489. The van der Waals surface area contributed by atoms with Crippen molar-refractivity contribution in [3.05, 3.63) is 93.9 Å². The van der Waals surface area contributed by atoms with Gasteiger partial charge in [-0.15, -0.1) is 0 Å². The molecule has 34 heavy (non-hydrogen) atoms. The van der Waals surface area contributed by atoms with Crippen LogP contribution in [0.3, 0.4) is 0 Å². The fourth-order valence-electron chi connectivity index (χ4n) is 4.74. The quantitative estimate of drug-likeness (QED) is 0.614. The van der Waals surface area contributed by atoms with Gasteiger partial charge in [-0.25, -0.2) is 13.6 Å². The summed E-state index contributed by atoms with van der Waals surface area (Å²) in [6.07, 6.45) is 0.862. The normalized spacial score (nSPS) is 18.7. The van der Waals surface area contributed by atoms with Crippen LogP contribution < -0.4 is 16.2 Å². The van der Waals surface area contributed by atoms with Gasteiger partial charge in [-0.2, -0.15) is 0 Å². The Morgan fingerprint density at radius 3 is 2.21 bits per heavy atom. The van der Waals surface area contributed by atoms with Crippen LogP contribution in [0.25, 0.3) is 0 Å². The van der Waals surface area contributed by atoms with Crippen LogP contribution in [0.15, 0.2) is 65.5 Å². The van der Waals surface area contributed by atoms with Gasteiger partial charge in [-0.3, -0.25) is 9.59 Å². The number of aromatic nitrogens is 1. The molecule has 1 saturated heterocycles. The van der Waals surface area contributed by atoms with E-state index < -0.39 is 11.7 Å². The van der Waals surface area contributed by atoms with Gasteiger partial charge in [0, 0.05) is 42.5 Å². The van der Waals surface area contributed by atoms with Crippen LogP contribution in [0, 0.1) is 17.6 Å². The van der Waals surface area contributed by atoms with E-state index >= 15 is 0 Å². The zero-order valence-corrected chi connectivity index (χ0v) is 18.1. The minimum Gasteiger partial charge on any atom is -0.324 e. The molecule has 5 rings (SSSR count). The first-order valence-corrected chi connectivity index (χ1v) is 11.0. The number of carbonyl (C=O) groups excluding carboxylic acids is 2. The van der Waals surface area contributed by atoms with Crippen LogP contribution >= 0.6 is 0 Å². The smallest absolute Gasteiger partial charge is 0.321 e. The molecule has 0 aliphatic carbocycles. The van der Waals surface area contributed by atoms with Crippen LogP contribution in [0.4, 0.5) is 25.0 Å². The van der Waals surface area contributed by atoms with Gasteiger partial charge in [0.15, 0.2) is 0 Å². The highest BCUT2D eigenvalue weighted by Crippen LogP contribution is 2.35. The minimum absolute atomic E-state index is 0.0129. The Morgan fingerprint density at radius 1 is 0.824 bits per heavy atom. The summed E-state index contributed by atoms with van der Waals surface area (Å²) in [4.78, 5) is 40.1. The van der Waals surface area contributed by atoms with Gasteiger partial charge in [0.2, 0.25) is 0 Å². The van der Waals surface area contributed by atoms with Crippen molar-refractivity contribution in [2.45, 2.75) is 18.9 Å². The largest absolute Gasteiger partial charge is 0.324 e. The number of fused-ring (bicyclic) bond motifs is 4. The molecule has 2 bridgehead atoms. The van der Waals surface area contributed by atoms with Crippen LogP contribution in [0.1, 0.15) is 28.4 Å². The van der Waals surface area contributed by atoms with Crippen molar-refractivity contribution in [2.75, 3.05) is 23.7 Å². The van der Waals surface area contributed by atoms with Crippen LogP contribution in [0.2, 0.25) is 0 Å². The molecule has 3 heterocycles. The van der Waals surface area contributed by atoms with Crippen molar-refractivity contribution < 1.29 is 18.4 Å². The first-order valence-electron chi connectivity index (χ1n) is 11.0. The summed E-state index contributed by atoms with van der Waals surface area (Å²) in [5.74, 6) is -1.23. The molecule has 0 unspecified atom stereocenters. The number of halogens is 2. The van der Waals surface area contributed by atoms with E-state index in [1.165, 1.54) is 48.5 Å². The fourth-order valence-corrected chi connectivity index (χ4v) is 4.74. The molecule has 2 aliphatic heterocycles. The predicted octanol–water partition coefficient (Wildman–Crippen LogP) is 4.03. The van der Waals surface area contributed by atoms with Gasteiger partial charge in [0.25, 0.3) is 11.5 Å². The van der Waals surface area contributed by atoms with E-state index in [4.69, 9.17) is 0 Å². The van der Waals surface area contributed by atoms with Crippen LogP contribution in [0.5, 0.6) is 0 Å². The molecule has 2 atom stereocenters. The van der Waals surface area contributed by atoms with Crippen molar-refractivity contribution >= 4 is 23.3 Å². The molecule has 1 fully saturated rings. The summed E-state index contributed by atoms with van der Waals surface area (Å²) in [6, 6.07) is 13.8. The molecular weight excluding hydrogens is 442 g/mol. The number of pyridine rings is 1. The number of anilines is 2. The average molecular weight is 464 g/mol. The molecule has 0 radical (unpaired) electrons. The van der Waals surface area contributed by atoms with Crippen molar-refractivity contribution in [2.24, 2.45) is 5.92 Å². The SMILES string of the molecule is O=C(Nc1ccc2n(c1=O)C[C@H]1C[C@@H]2CN(C(=O)Nc2ccc(F)cc2)C1)c1ccc(F)cc1. The number of hydrogen-bond donors (Lipinski definition) is 2. The maximum Gasteiger partial charge on any atom is 0.321 e. The number of piperidine rings is 1. The Bertz CT molecular complexity index is 1310. The van der Waals surface area contributed by atoms with E-state index in [-0.39, 0.29) is 40.5 Å². The predicted molar refractivity (Wildman–Crippen MR) is 123 cm³/mol. The van der Waals surface area contributed by atoms with Gasteiger partial charge < -0.3 is 20.1 Å². The van der Waals surface area contributed by atoms with Crippen molar-refractivity contribution in [1.29, 1.82) is 0 Å². The molecule has 174 valence electrons. The molecule has 0 saturated carbocycles. The number of rotatable bonds is 3. The number of likely N-dealkylation sites (tertiary alicyclic amines) is 1. The lowest BCUT2D eigenvalue weighted by molar-refractivity contribution is 0.102. The Morgan fingerprint density at radius 2 is 1.50 bits per heavy atom. The number of urea groups is 1. The Balaban J connectivity index is 1.32. The summed E-state index contributed by atoms with van der Waals surface area (Å²) in [5, 5.41) is 5.42. The third-order valence-corrected chi connectivity index (χ3v) is 6.34. The molecule has 2 aliphatic rings. The molecular formula is C25H22F2N4O3. The van der Waals surface area contributed by atoms with Crippen molar-refractivity contribution in [3.8, 4) is 0 Å². The standard InChI is InChI=1S/C25H22F2N4O3/c26-18-3-1-16(2-4-18)23(32)29-21-9-10-22-17-11-15(13-31(22)24(21)33)12-30(14-17)25(34)28-20-7-5-19(27)6-8-20/h1-10,15,17H,11-14H2,(H,28,34)(H,29,32)/t15-,17+/m0/s1. The van der Waals surface area contributed by atoms with Gasteiger partial charge in [-0.05, 0) is 73.0 Å². The van der Waals surface area contributed by atoms with E-state index in [1.54, 1.807) is 15.5 Å². The average Bonchev–Trinajstić information content (AvgIpc) is 2.83. The lowest BCUT2D eigenvalue weighted by atomic mass is 9.83. The second kappa shape index (κ2) is 8.74. The highest BCUT2D eigenvalue weighted by atomic mass is 19.1. The molecule has 2 aromatic carbocycles. The summed E-state index contributed by atoms with van der Waals surface area (Å²) in [5.41, 5.74) is 1.44. The van der Waals surface area contributed by atoms with Gasteiger partial charge in [0.1, 0.15) is 17.3 Å². The highest BCUT2D eigenvalue weighted by molar-refractivity contribution is 6.04. The molecule has 3 amide bonds. The van der Waals surface area contributed by atoms with E-state index in [0.717, 1.165) is 12.1 Å². The lowest BCUT2D eigenvalue weighted by Crippen LogP contribution is -2.50. The molecule has 7 nitrogen and oxygen atoms in total. The first kappa shape index (κ1) is 21.8. The monoisotopic (exact) mass is 464 g/mol. The summed E-state index contributed by atoms with van der Waals surface area (Å²) in [7, 11) is 0. The van der Waals surface area contributed by atoms with Gasteiger partial charge in [0.05, 0.1) is 0 Å². The van der Waals surface area contributed by atoms with Crippen molar-refractivity contribution in [3.63, 3.8) is 0 Å². The van der Waals surface area contributed by atoms with Crippen molar-refractivity contribution in [1.82, 2.24) is 9.47 Å². The Labute approximate surface area is 194 Å². The maximum atomic E-state index is 13.1. The number of carbonyl (C=O) groups is 2. The number of nitrogens with zero attached hydrogens (tertiary/aromatic N) is 2. The van der Waals surface area contributed by atoms with Crippen LogP contribution in [-0.2, 0) is 6.54 Å². The molecule has 3 aromatic rings. The van der Waals surface area contributed by atoms with E-state index in [2.05, 4.69) is 10.6 Å². The topological polar surface area (TPSA) is 83.4 Å². The van der Waals surface area contributed by atoms with Gasteiger partial charge in [-0.1, -0.05) is 0 Å². The third kappa shape index (κ3) is 4.28. The van der Waals surface area contributed by atoms with E-state index in [9.17, 15) is 23.2 Å². The summed E-state index contributed by atoms with van der Waals surface area (Å²) < 4.78 is 27.9. The zero-order chi connectivity index (χ0) is 23.8. The number of hydrogen-bond acceptors (Lipinski definition) is 3. The van der Waals surface area contributed by atoms with E-state index in [1.807, 2.05) is 6.07 Å². The number of nitrogens with one attached hydrogen (secondary N) is 2. The first-order chi connectivity index (χ1) is 16.4. The van der Waals surface area contributed by atoms with Gasteiger partial charge >= 0.3 is 6.03 Å². The summed E-state index contributed by atoms with van der Waals surface area (Å²) in [6.45, 7) is 1.37. The molecule has 1 aromatic heterocycles. The fraction of sp³-hybridized carbons (Fsp3) is 0.240. The highest BCUT2D eigenvalue weighted by Gasteiger charge is 2.36. The van der Waals surface area contributed by atoms with E-state index in [0.29, 0.717) is 25.3 Å². The molecule has 2 N–H and O–H groups in total. The second-order valence-corrected chi connectivity index (χ2v) is 8.69. The zero-order valence-electron chi connectivity index (χ0n) is 18.1. The third-order valence-electron chi connectivity index (χ3n) is 6.34. The number of benzene rings is 2. The lowest BCUT2D eigenvalue weighted by Gasteiger charge is -2.42. The second-order valence-electron chi connectivity index (χ2n) is 8.69. The molecule has 9 heteroatoms. The van der Waals surface area contributed by atoms with Crippen LogP contribution in [-0.4, -0.2) is 34.5 Å². The summed E-state index contributed by atoms with van der Waals surface area (Å²) >= 11 is 0. The molecule has 0 spiro atoms.